The minimum absolute atomic E-state index is 0.0129. The number of carbonyl (C=O) groups excluding carboxylic acids is 1. The molecule has 1 aromatic carbocycles. The lowest BCUT2D eigenvalue weighted by Crippen LogP contribution is -2.03. The van der Waals surface area contributed by atoms with Crippen LogP contribution in [0.1, 0.15) is 15.9 Å². The van der Waals surface area contributed by atoms with Gasteiger partial charge >= 0.3 is 0 Å². The molecule has 0 aliphatic carbocycles. The molecule has 0 spiro atoms. The number of ketones is 1. The Morgan fingerprint density at radius 3 is 2.85 bits per heavy atom. The Morgan fingerprint density at radius 1 is 1.20 bits per heavy atom. The van der Waals surface area contributed by atoms with E-state index in [1.807, 2.05) is 0 Å². The zero-order valence-corrected chi connectivity index (χ0v) is 10.4. The van der Waals surface area contributed by atoms with Crippen LogP contribution in [0, 0.1) is 11.6 Å². The van der Waals surface area contributed by atoms with Gasteiger partial charge in [-0.15, -0.1) is 0 Å². The van der Waals surface area contributed by atoms with E-state index in [0.717, 1.165) is 23.0 Å². The van der Waals surface area contributed by atoms with Crippen LogP contribution in [0.3, 0.4) is 0 Å². The molecule has 3 aromatic rings. The molecule has 0 saturated heterocycles. The van der Waals surface area contributed by atoms with Crippen molar-refractivity contribution in [1.82, 2.24) is 9.97 Å². The predicted molar refractivity (Wildman–Crippen MR) is 70.5 cm³/mol. The maximum Gasteiger partial charge on any atom is 0.169 e. The minimum Gasteiger partial charge on any atom is -0.360 e. The van der Waals surface area contributed by atoms with Crippen LogP contribution in [0.4, 0.5) is 8.78 Å². The van der Waals surface area contributed by atoms with Crippen LogP contribution in [-0.4, -0.2) is 15.8 Å². The first kappa shape index (κ1) is 12.5. The lowest BCUT2D eigenvalue weighted by atomic mass is 10.0. The number of nitrogens with one attached hydrogen (secondary N) is 1. The van der Waals surface area contributed by atoms with Crippen molar-refractivity contribution in [3.63, 3.8) is 0 Å². The van der Waals surface area contributed by atoms with E-state index in [0.29, 0.717) is 11.1 Å². The van der Waals surface area contributed by atoms with Gasteiger partial charge in [-0.05, 0) is 23.8 Å². The third kappa shape index (κ3) is 2.18. The van der Waals surface area contributed by atoms with Crippen molar-refractivity contribution in [3.05, 3.63) is 65.6 Å². The fourth-order valence-electron chi connectivity index (χ4n) is 2.12. The number of aromatic nitrogens is 2. The van der Waals surface area contributed by atoms with Gasteiger partial charge < -0.3 is 4.98 Å². The summed E-state index contributed by atoms with van der Waals surface area (Å²) in [6.07, 6.45) is 4.85. The monoisotopic (exact) mass is 272 g/mol. The fourth-order valence-corrected chi connectivity index (χ4v) is 2.12. The molecule has 5 heteroatoms. The Labute approximate surface area is 113 Å². The van der Waals surface area contributed by atoms with Crippen LogP contribution < -0.4 is 0 Å². The summed E-state index contributed by atoms with van der Waals surface area (Å²) in [6.45, 7) is 0. The van der Waals surface area contributed by atoms with Crippen LogP contribution in [0.5, 0.6) is 0 Å². The second-order valence-corrected chi connectivity index (χ2v) is 4.47. The third-order valence-corrected chi connectivity index (χ3v) is 3.13. The summed E-state index contributed by atoms with van der Waals surface area (Å²) in [6, 6.07) is 5.24. The summed E-state index contributed by atoms with van der Waals surface area (Å²) >= 11 is 0. The van der Waals surface area contributed by atoms with Gasteiger partial charge in [-0.2, -0.15) is 0 Å². The van der Waals surface area contributed by atoms with E-state index in [1.165, 1.54) is 6.07 Å². The molecule has 0 fully saturated rings. The first-order valence-corrected chi connectivity index (χ1v) is 6.03. The van der Waals surface area contributed by atoms with Crippen molar-refractivity contribution in [3.8, 4) is 0 Å². The molecule has 1 N–H and O–H groups in total. The van der Waals surface area contributed by atoms with E-state index in [1.54, 1.807) is 24.7 Å². The van der Waals surface area contributed by atoms with E-state index in [2.05, 4.69) is 9.97 Å². The molecule has 0 aliphatic heterocycles. The quantitative estimate of drug-likeness (QED) is 0.744. The summed E-state index contributed by atoms with van der Waals surface area (Å²) in [7, 11) is 0. The topological polar surface area (TPSA) is 45.8 Å². The number of aromatic amines is 1. The number of rotatable bonds is 3. The van der Waals surface area contributed by atoms with Gasteiger partial charge in [0, 0.05) is 41.5 Å². The molecule has 0 atom stereocenters. The highest BCUT2D eigenvalue weighted by molar-refractivity contribution is 6.08. The first-order chi connectivity index (χ1) is 9.65. The van der Waals surface area contributed by atoms with Gasteiger partial charge in [-0.1, -0.05) is 6.07 Å². The number of H-pyrrole nitrogens is 1. The zero-order valence-electron chi connectivity index (χ0n) is 10.4. The Kier molecular flexibility index (Phi) is 3.02. The average molecular weight is 272 g/mol. The number of hydrogen-bond acceptors (Lipinski definition) is 2. The molecule has 2 heterocycles. The number of carbonyl (C=O) groups is 1. The molecule has 0 aliphatic rings. The number of halogens is 2. The van der Waals surface area contributed by atoms with Crippen molar-refractivity contribution < 1.29 is 13.6 Å². The Bertz CT molecular complexity index is 795. The number of fused-ring (bicyclic) bond motifs is 1. The zero-order chi connectivity index (χ0) is 14.1. The molecule has 0 bridgehead atoms. The molecule has 0 unspecified atom stereocenters. The van der Waals surface area contributed by atoms with Crippen molar-refractivity contribution in [2.24, 2.45) is 0 Å². The maximum absolute atomic E-state index is 13.1. The van der Waals surface area contributed by atoms with E-state index in [9.17, 15) is 13.6 Å². The third-order valence-electron chi connectivity index (χ3n) is 3.13. The van der Waals surface area contributed by atoms with Crippen molar-refractivity contribution in [2.45, 2.75) is 6.42 Å². The van der Waals surface area contributed by atoms with Gasteiger partial charge in [-0.25, -0.2) is 8.78 Å². The summed E-state index contributed by atoms with van der Waals surface area (Å²) in [4.78, 5) is 19.2. The smallest absolute Gasteiger partial charge is 0.169 e. The Morgan fingerprint density at radius 2 is 2.05 bits per heavy atom. The molecule has 0 radical (unpaired) electrons. The van der Waals surface area contributed by atoms with E-state index >= 15 is 0 Å². The number of nitrogens with zero attached hydrogens (tertiary/aromatic N) is 1. The molecule has 100 valence electrons. The highest BCUT2D eigenvalue weighted by Crippen LogP contribution is 2.19. The largest absolute Gasteiger partial charge is 0.360 e. The van der Waals surface area contributed by atoms with E-state index in [-0.39, 0.29) is 12.2 Å². The Balaban J connectivity index is 1.91. The minimum atomic E-state index is -0.948. The second kappa shape index (κ2) is 4.85. The summed E-state index contributed by atoms with van der Waals surface area (Å²) in [5.41, 5.74) is 1.75. The van der Waals surface area contributed by atoms with Crippen LogP contribution in [0.15, 0.2) is 42.9 Å². The van der Waals surface area contributed by atoms with Gasteiger partial charge in [-0.3, -0.25) is 9.78 Å². The molecular weight excluding hydrogens is 262 g/mol. The fraction of sp³-hybridized carbons (Fsp3) is 0.0667. The van der Waals surface area contributed by atoms with Crippen LogP contribution in [-0.2, 0) is 6.42 Å². The van der Waals surface area contributed by atoms with Crippen LogP contribution in [0.25, 0.3) is 10.9 Å². The van der Waals surface area contributed by atoms with E-state index in [4.69, 9.17) is 0 Å². The number of benzene rings is 1. The lowest BCUT2D eigenvalue weighted by molar-refractivity contribution is 0.0994. The number of Topliss-reactive ketones (excluding diaryl/α,β-unsaturated/α-hetero) is 1. The molecule has 20 heavy (non-hydrogen) atoms. The van der Waals surface area contributed by atoms with Crippen molar-refractivity contribution >= 4 is 16.7 Å². The number of hydrogen-bond donors (Lipinski definition) is 1. The summed E-state index contributed by atoms with van der Waals surface area (Å²) < 4.78 is 26.0. The average Bonchev–Trinajstić information content (AvgIpc) is 2.87. The first-order valence-electron chi connectivity index (χ1n) is 6.03. The molecule has 0 saturated carbocycles. The highest BCUT2D eigenvalue weighted by Gasteiger charge is 2.13. The second-order valence-electron chi connectivity index (χ2n) is 4.47. The normalized spacial score (nSPS) is 10.9. The molecule has 2 aromatic heterocycles. The van der Waals surface area contributed by atoms with E-state index < -0.39 is 11.6 Å². The molecular formula is C15H10F2N2O. The maximum atomic E-state index is 13.1. The summed E-state index contributed by atoms with van der Waals surface area (Å²) in [5.74, 6) is -2.04. The van der Waals surface area contributed by atoms with Crippen molar-refractivity contribution in [2.75, 3.05) is 0 Å². The SMILES string of the molecule is O=C(Cc1ccc(F)c(F)c1)c1c[nH]c2ccncc12. The Hall–Kier alpha value is -2.56. The lowest BCUT2D eigenvalue weighted by Gasteiger charge is -2.01. The van der Waals surface area contributed by atoms with Gasteiger partial charge in [0.2, 0.25) is 0 Å². The molecule has 3 nitrogen and oxygen atoms in total. The molecule has 0 amide bonds. The predicted octanol–water partition coefficient (Wildman–Crippen LogP) is 3.27. The number of pyridine rings is 1. The highest BCUT2D eigenvalue weighted by atomic mass is 19.2. The van der Waals surface area contributed by atoms with Crippen molar-refractivity contribution in [1.29, 1.82) is 0 Å². The van der Waals surface area contributed by atoms with Crippen LogP contribution in [0.2, 0.25) is 0 Å². The summed E-state index contributed by atoms with van der Waals surface area (Å²) in [5, 5.41) is 0.722. The van der Waals surface area contributed by atoms with Gasteiger partial charge in [0.15, 0.2) is 17.4 Å². The molecule has 3 rings (SSSR count). The van der Waals surface area contributed by atoms with Gasteiger partial charge in [0.05, 0.1) is 0 Å². The van der Waals surface area contributed by atoms with Gasteiger partial charge in [0.25, 0.3) is 0 Å². The van der Waals surface area contributed by atoms with Crippen LogP contribution >= 0.6 is 0 Å². The standard InChI is InChI=1S/C15H10F2N2O/c16-12-2-1-9(5-13(12)17)6-15(20)11-8-19-14-3-4-18-7-10(11)14/h1-5,7-8,19H,6H2. The van der Waals surface area contributed by atoms with Gasteiger partial charge in [0.1, 0.15) is 0 Å².